The third-order valence-electron chi connectivity index (χ3n) is 3.63. The number of carbonyl (C=O) groups is 1. The van der Waals surface area contributed by atoms with Crippen LogP contribution in [0.4, 0.5) is 27.6 Å². The molecule has 0 fully saturated rings. The number of hydrogen-bond acceptors (Lipinski definition) is 4. The number of nitrogens with zero attached hydrogens (tertiary/aromatic N) is 1. The third kappa shape index (κ3) is 5.94. The summed E-state index contributed by atoms with van der Waals surface area (Å²) < 4.78 is 73.7. The summed E-state index contributed by atoms with van der Waals surface area (Å²) in [6, 6.07) is 9.54. The van der Waals surface area contributed by atoms with Crippen molar-refractivity contribution in [2.45, 2.75) is 19.7 Å². The second-order valence-electron chi connectivity index (χ2n) is 5.69. The Labute approximate surface area is 168 Å². The monoisotopic (exact) mass is 426 g/mol. The first-order valence-corrected chi connectivity index (χ1v) is 8.46. The highest BCUT2D eigenvalue weighted by Crippen LogP contribution is 2.34. The van der Waals surface area contributed by atoms with Crippen LogP contribution < -0.4 is 14.8 Å². The van der Waals surface area contributed by atoms with Gasteiger partial charge in [-0.25, -0.2) is 0 Å². The van der Waals surface area contributed by atoms with Gasteiger partial charge in [0.1, 0.15) is 11.6 Å². The molecule has 0 heterocycles. The molecule has 10 heteroatoms. The number of alkyl halides is 5. The summed E-state index contributed by atoms with van der Waals surface area (Å²) in [6.07, 6.45) is -3.64. The Morgan fingerprint density at radius 2 is 1.93 bits per heavy atom. The van der Waals surface area contributed by atoms with Gasteiger partial charge in [-0.1, -0.05) is 18.2 Å². The van der Waals surface area contributed by atoms with Crippen molar-refractivity contribution in [3.63, 3.8) is 0 Å². The number of nitrogens with one attached hydrogen (secondary N) is 1. The van der Waals surface area contributed by atoms with E-state index < -0.39 is 29.8 Å². The molecular formula is C20H15F5N2O3. The molecule has 0 saturated carbocycles. The summed E-state index contributed by atoms with van der Waals surface area (Å²) in [5.74, 6) is -1.43. The summed E-state index contributed by atoms with van der Waals surface area (Å²) in [5.41, 5.74) is -1.76. The van der Waals surface area contributed by atoms with E-state index in [4.69, 9.17) is 4.74 Å². The van der Waals surface area contributed by atoms with Gasteiger partial charge >= 0.3 is 12.8 Å². The SMILES string of the molecule is CCOc1cccc(/C=C(\C#N)C(=O)Nc2cccc(C(F)(F)F)c2)c1OC(F)F. The molecule has 1 N–H and O–H groups in total. The van der Waals surface area contributed by atoms with Crippen LogP contribution in [0.1, 0.15) is 18.1 Å². The van der Waals surface area contributed by atoms with Gasteiger partial charge in [0.15, 0.2) is 11.5 Å². The average Bonchev–Trinajstić information content (AvgIpc) is 2.67. The molecule has 0 aromatic heterocycles. The highest BCUT2D eigenvalue weighted by atomic mass is 19.4. The van der Waals surface area contributed by atoms with E-state index >= 15 is 0 Å². The lowest BCUT2D eigenvalue weighted by Crippen LogP contribution is -2.14. The molecule has 158 valence electrons. The van der Waals surface area contributed by atoms with E-state index in [9.17, 15) is 32.0 Å². The number of hydrogen-bond donors (Lipinski definition) is 1. The number of amides is 1. The van der Waals surface area contributed by atoms with Crippen molar-refractivity contribution in [2.24, 2.45) is 0 Å². The van der Waals surface area contributed by atoms with Gasteiger partial charge in [-0.2, -0.15) is 27.2 Å². The van der Waals surface area contributed by atoms with Crippen LogP contribution in [0.25, 0.3) is 6.08 Å². The van der Waals surface area contributed by atoms with Gasteiger partial charge in [-0.15, -0.1) is 0 Å². The highest BCUT2D eigenvalue weighted by molar-refractivity contribution is 6.09. The van der Waals surface area contributed by atoms with Gasteiger partial charge in [0, 0.05) is 11.3 Å². The lowest BCUT2D eigenvalue weighted by Gasteiger charge is -2.14. The van der Waals surface area contributed by atoms with Crippen molar-refractivity contribution in [1.82, 2.24) is 0 Å². The van der Waals surface area contributed by atoms with E-state index in [0.29, 0.717) is 6.07 Å². The molecule has 0 radical (unpaired) electrons. The Morgan fingerprint density at radius 1 is 1.23 bits per heavy atom. The first-order valence-electron chi connectivity index (χ1n) is 8.46. The predicted octanol–water partition coefficient (Wildman–Crippen LogP) is 5.25. The molecule has 0 aliphatic carbocycles. The first-order chi connectivity index (χ1) is 14.2. The summed E-state index contributed by atoms with van der Waals surface area (Å²) >= 11 is 0. The van der Waals surface area contributed by atoms with Gasteiger partial charge < -0.3 is 14.8 Å². The number of carbonyl (C=O) groups excluding carboxylic acids is 1. The molecule has 2 aromatic rings. The fraction of sp³-hybridized carbons (Fsp3) is 0.200. The Kier molecular flexibility index (Phi) is 7.36. The molecule has 30 heavy (non-hydrogen) atoms. The van der Waals surface area contributed by atoms with Crippen LogP contribution in [-0.4, -0.2) is 19.1 Å². The molecule has 0 unspecified atom stereocenters. The van der Waals surface area contributed by atoms with E-state index in [1.165, 1.54) is 24.3 Å². The Balaban J connectivity index is 2.37. The minimum Gasteiger partial charge on any atom is -0.490 e. The molecule has 0 aliphatic heterocycles. The second-order valence-corrected chi connectivity index (χ2v) is 5.69. The fourth-order valence-corrected chi connectivity index (χ4v) is 2.41. The van der Waals surface area contributed by atoms with Crippen LogP contribution in [0.2, 0.25) is 0 Å². The number of halogens is 5. The molecule has 0 aliphatic rings. The fourth-order valence-electron chi connectivity index (χ4n) is 2.41. The standard InChI is InChI=1S/C20H15F5N2O3/c1-2-29-16-8-3-5-12(17(16)30-19(21)22)9-13(11-26)18(28)27-15-7-4-6-14(10-15)20(23,24)25/h3-10,19H,2H2,1H3,(H,27,28)/b13-9+. The van der Waals surface area contributed by atoms with Crippen LogP contribution in [-0.2, 0) is 11.0 Å². The number of para-hydroxylation sites is 1. The third-order valence-corrected chi connectivity index (χ3v) is 3.63. The maximum Gasteiger partial charge on any atom is 0.416 e. The van der Waals surface area contributed by atoms with E-state index in [0.717, 1.165) is 18.2 Å². The van der Waals surface area contributed by atoms with Gasteiger partial charge in [-0.05, 0) is 37.3 Å². The summed E-state index contributed by atoms with van der Waals surface area (Å²) in [7, 11) is 0. The van der Waals surface area contributed by atoms with Crippen molar-refractivity contribution >= 4 is 17.7 Å². The number of ether oxygens (including phenoxy) is 2. The Hall–Kier alpha value is -3.61. The van der Waals surface area contributed by atoms with Crippen LogP contribution in [0.5, 0.6) is 11.5 Å². The lowest BCUT2D eigenvalue weighted by molar-refractivity contribution is -0.137. The van der Waals surface area contributed by atoms with Gasteiger partial charge in [-0.3, -0.25) is 4.79 Å². The number of anilines is 1. The molecule has 2 aromatic carbocycles. The average molecular weight is 426 g/mol. The molecule has 0 atom stereocenters. The molecule has 5 nitrogen and oxygen atoms in total. The highest BCUT2D eigenvalue weighted by Gasteiger charge is 2.30. The maximum absolute atomic E-state index is 12.8. The Bertz CT molecular complexity index is 981. The summed E-state index contributed by atoms with van der Waals surface area (Å²) in [6.45, 7) is -1.42. The van der Waals surface area contributed by atoms with Crippen LogP contribution >= 0.6 is 0 Å². The van der Waals surface area contributed by atoms with E-state index in [1.807, 2.05) is 0 Å². The quantitative estimate of drug-likeness (QED) is 0.373. The Morgan fingerprint density at radius 3 is 2.53 bits per heavy atom. The molecule has 0 spiro atoms. The van der Waals surface area contributed by atoms with Crippen molar-refractivity contribution in [2.75, 3.05) is 11.9 Å². The zero-order chi connectivity index (χ0) is 22.3. The molecule has 2 rings (SSSR count). The smallest absolute Gasteiger partial charge is 0.416 e. The maximum atomic E-state index is 12.8. The van der Waals surface area contributed by atoms with Crippen molar-refractivity contribution in [1.29, 1.82) is 5.26 Å². The minimum absolute atomic E-state index is 0.0258. The molecular weight excluding hydrogens is 411 g/mol. The second kappa shape index (κ2) is 9.73. The van der Waals surface area contributed by atoms with Crippen LogP contribution in [0.3, 0.4) is 0 Å². The molecule has 1 amide bonds. The number of nitriles is 1. The van der Waals surface area contributed by atoms with Crippen LogP contribution in [0.15, 0.2) is 48.0 Å². The largest absolute Gasteiger partial charge is 0.490 e. The molecule has 0 bridgehead atoms. The van der Waals surface area contributed by atoms with E-state index in [1.54, 1.807) is 13.0 Å². The normalized spacial score (nSPS) is 11.7. The van der Waals surface area contributed by atoms with Crippen molar-refractivity contribution < 1.29 is 36.2 Å². The van der Waals surface area contributed by atoms with Crippen LogP contribution in [0, 0.1) is 11.3 Å². The van der Waals surface area contributed by atoms with Gasteiger partial charge in [0.05, 0.1) is 12.2 Å². The zero-order valence-corrected chi connectivity index (χ0v) is 15.5. The van der Waals surface area contributed by atoms with Crippen molar-refractivity contribution in [3.05, 3.63) is 59.2 Å². The summed E-state index contributed by atoms with van der Waals surface area (Å²) in [5, 5.41) is 11.5. The topological polar surface area (TPSA) is 71.3 Å². The predicted molar refractivity (Wildman–Crippen MR) is 97.9 cm³/mol. The van der Waals surface area contributed by atoms with E-state index in [-0.39, 0.29) is 29.4 Å². The molecule has 0 saturated heterocycles. The summed E-state index contributed by atoms with van der Waals surface area (Å²) in [4.78, 5) is 12.3. The number of rotatable bonds is 7. The van der Waals surface area contributed by atoms with Gasteiger partial charge in [0.25, 0.3) is 5.91 Å². The van der Waals surface area contributed by atoms with E-state index in [2.05, 4.69) is 10.1 Å². The van der Waals surface area contributed by atoms with Gasteiger partial charge in [0.2, 0.25) is 0 Å². The number of benzene rings is 2. The minimum atomic E-state index is -4.62. The van der Waals surface area contributed by atoms with Crippen molar-refractivity contribution in [3.8, 4) is 17.6 Å². The lowest BCUT2D eigenvalue weighted by atomic mass is 10.1. The first kappa shape index (κ1) is 22.7. The zero-order valence-electron chi connectivity index (χ0n) is 15.5.